The third-order valence-corrected chi connectivity index (χ3v) is 4.64. The lowest BCUT2D eigenvalue weighted by Crippen LogP contribution is -2.50. The first-order valence-electron chi connectivity index (χ1n) is 7.82. The van der Waals surface area contributed by atoms with Crippen LogP contribution in [0.15, 0.2) is 10.6 Å². The van der Waals surface area contributed by atoms with Gasteiger partial charge in [-0.05, 0) is 18.8 Å². The standard InChI is InChI=1S/C16H26N2O2/c1-16(2,3)15-9-13(17-20-15)10-18-7-8-19-11-14(18)12-5-4-6-12/h9,12,14H,4-8,10-11H2,1-3H3. The van der Waals surface area contributed by atoms with Gasteiger partial charge in [0, 0.05) is 30.6 Å². The van der Waals surface area contributed by atoms with Gasteiger partial charge in [0.1, 0.15) is 5.76 Å². The Hall–Kier alpha value is -0.870. The van der Waals surface area contributed by atoms with Crippen molar-refractivity contribution in [1.29, 1.82) is 0 Å². The molecule has 4 heteroatoms. The molecule has 0 aromatic carbocycles. The monoisotopic (exact) mass is 278 g/mol. The fraction of sp³-hybridized carbons (Fsp3) is 0.812. The molecule has 1 unspecified atom stereocenters. The van der Waals surface area contributed by atoms with Crippen LogP contribution in [-0.4, -0.2) is 35.9 Å². The highest BCUT2D eigenvalue weighted by Crippen LogP contribution is 2.34. The third kappa shape index (κ3) is 2.91. The smallest absolute Gasteiger partial charge is 0.142 e. The second-order valence-electron chi connectivity index (χ2n) is 7.24. The zero-order valence-electron chi connectivity index (χ0n) is 12.9. The molecule has 112 valence electrons. The molecule has 1 saturated carbocycles. The molecule has 20 heavy (non-hydrogen) atoms. The van der Waals surface area contributed by atoms with Gasteiger partial charge in [-0.25, -0.2) is 0 Å². The van der Waals surface area contributed by atoms with Gasteiger partial charge < -0.3 is 9.26 Å². The zero-order chi connectivity index (χ0) is 14.2. The van der Waals surface area contributed by atoms with E-state index in [-0.39, 0.29) is 5.41 Å². The lowest BCUT2D eigenvalue weighted by molar-refractivity contribution is -0.0493. The van der Waals surface area contributed by atoms with Gasteiger partial charge in [-0.15, -0.1) is 0 Å². The van der Waals surface area contributed by atoms with Crippen LogP contribution >= 0.6 is 0 Å². The highest BCUT2D eigenvalue weighted by Gasteiger charge is 2.34. The number of hydrogen-bond acceptors (Lipinski definition) is 4. The molecule has 0 amide bonds. The number of hydrogen-bond donors (Lipinski definition) is 0. The molecule has 0 N–H and O–H groups in total. The SMILES string of the molecule is CC(C)(C)c1cc(CN2CCOCC2C2CCC2)no1. The highest BCUT2D eigenvalue weighted by molar-refractivity contribution is 5.13. The lowest BCUT2D eigenvalue weighted by Gasteiger charge is -2.43. The maximum atomic E-state index is 5.68. The summed E-state index contributed by atoms with van der Waals surface area (Å²) in [4.78, 5) is 2.54. The minimum atomic E-state index is 0.0314. The first-order valence-corrected chi connectivity index (χ1v) is 7.82. The van der Waals surface area contributed by atoms with Crippen molar-refractivity contribution in [1.82, 2.24) is 10.1 Å². The minimum Gasteiger partial charge on any atom is -0.378 e. The van der Waals surface area contributed by atoms with E-state index < -0.39 is 0 Å². The molecule has 1 atom stereocenters. The van der Waals surface area contributed by atoms with E-state index in [2.05, 4.69) is 36.9 Å². The van der Waals surface area contributed by atoms with E-state index in [1.54, 1.807) is 0 Å². The van der Waals surface area contributed by atoms with E-state index in [0.717, 1.165) is 43.7 Å². The molecule has 1 aromatic rings. The van der Waals surface area contributed by atoms with Gasteiger partial charge in [-0.2, -0.15) is 0 Å². The first kappa shape index (κ1) is 14.1. The highest BCUT2D eigenvalue weighted by atomic mass is 16.5. The van der Waals surface area contributed by atoms with Crippen LogP contribution in [0.25, 0.3) is 0 Å². The molecule has 4 nitrogen and oxygen atoms in total. The minimum absolute atomic E-state index is 0.0314. The summed E-state index contributed by atoms with van der Waals surface area (Å²) < 4.78 is 11.2. The number of nitrogens with zero attached hydrogens (tertiary/aromatic N) is 2. The second-order valence-corrected chi connectivity index (χ2v) is 7.24. The lowest BCUT2D eigenvalue weighted by atomic mass is 9.79. The molecule has 2 aliphatic rings. The Morgan fingerprint density at radius 3 is 2.75 bits per heavy atom. The summed E-state index contributed by atoms with van der Waals surface area (Å²) in [6.07, 6.45) is 4.10. The Balaban J connectivity index is 1.67. The van der Waals surface area contributed by atoms with E-state index in [1.807, 2.05) is 0 Å². The van der Waals surface area contributed by atoms with Crippen molar-refractivity contribution in [3.63, 3.8) is 0 Å². The van der Waals surface area contributed by atoms with Gasteiger partial charge in [-0.3, -0.25) is 4.90 Å². The Morgan fingerprint density at radius 1 is 1.35 bits per heavy atom. The largest absolute Gasteiger partial charge is 0.378 e. The Kier molecular flexibility index (Phi) is 3.87. The fourth-order valence-electron chi connectivity index (χ4n) is 3.06. The van der Waals surface area contributed by atoms with Crippen LogP contribution in [0.1, 0.15) is 51.5 Å². The normalized spacial score (nSPS) is 25.6. The number of ether oxygens (including phenoxy) is 1. The van der Waals surface area contributed by atoms with Gasteiger partial charge in [-0.1, -0.05) is 32.3 Å². The molecule has 0 bridgehead atoms. The predicted molar refractivity (Wildman–Crippen MR) is 77.6 cm³/mol. The van der Waals surface area contributed by atoms with Crippen LogP contribution in [0.2, 0.25) is 0 Å². The summed E-state index contributed by atoms with van der Waals surface area (Å²) >= 11 is 0. The summed E-state index contributed by atoms with van der Waals surface area (Å²) in [7, 11) is 0. The average Bonchev–Trinajstić information content (AvgIpc) is 2.78. The van der Waals surface area contributed by atoms with Crippen LogP contribution in [0.3, 0.4) is 0 Å². The van der Waals surface area contributed by atoms with Crippen molar-refractivity contribution in [2.45, 2.75) is 58.0 Å². The van der Waals surface area contributed by atoms with Crippen molar-refractivity contribution in [2.24, 2.45) is 5.92 Å². The molecule has 2 heterocycles. The number of rotatable bonds is 3. The molecule has 1 aliphatic carbocycles. The summed E-state index contributed by atoms with van der Waals surface area (Å²) in [5.74, 6) is 1.80. The van der Waals surface area contributed by atoms with E-state index in [1.165, 1.54) is 19.3 Å². The molecule has 3 rings (SSSR count). The zero-order valence-corrected chi connectivity index (χ0v) is 12.9. The molecule has 2 fully saturated rings. The topological polar surface area (TPSA) is 38.5 Å². The van der Waals surface area contributed by atoms with E-state index >= 15 is 0 Å². The van der Waals surface area contributed by atoms with Crippen LogP contribution in [-0.2, 0) is 16.7 Å². The summed E-state index contributed by atoms with van der Waals surface area (Å²) in [5, 5.41) is 4.26. The summed E-state index contributed by atoms with van der Waals surface area (Å²) in [5.41, 5.74) is 1.09. The Bertz CT molecular complexity index is 446. The second kappa shape index (κ2) is 5.49. The van der Waals surface area contributed by atoms with Crippen molar-refractivity contribution < 1.29 is 9.26 Å². The molecule has 1 saturated heterocycles. The summed E-state index contributed by atoms with van der Waals surface area (Å²) in [6.45, 7) is 10.1. The molecule has 1 aliphatic heterocycles. The third-order valence-electron chi connectivity index (χ3n) is 4.64. The van der Waals surface area contributed by atoms with Gasteiger partial charge in [0.25, 0.3) is 0 Å². The van der Waals surface area contributed by atoms with Gasteiger partial charge in [0.05, 0.1) is 18.9 Å². The van der Waals surface area contributed by atoms with E-state index in [0.29, 0.717) is 6.04 Å². The Labute approximate surface area is 121 Å². The van der Waals surface area contributed by atoms with Crippen LogP contribution < -0.4 is 0 Å². The number of morpholine rings is 1. The molecule has 0 spiro atoms. The van der Waals surface area contributed by atoms with Crippen LogP contribution in [0, 0.1) is 5.92 Å². The number of aromatic nitrogens is 1. The fourth-order valence-corrected chi connectivity index (χ4v) is 3.06. The van der Waals surface area contributed by atoms with Crippen molar-refractivity contribution >= 4 is 0 Å². The first-order chi connectivity index (χ1) is 9.54. The van der Waals surface area contributed by atoms with Crippen molar-refractivity contribution in [3.8, 4) is 0 Å². The van der Waals surface area contributed by atoms with Crippen LogP contribution in [0.4, 0.5) is 0 Å². The van der Waals surface area contributed by atoms with Crippen molar-refractivity contribution in [2.75, 3.05) is 19.8 Å². The van der Waals surface area contributed by atoms with E-state index in [9.17, 15) is 0 Å². The Morgan fingerprint density at radius 2 is 2.15 bits per heavy atom. The molecule has 1 aromatic heterocycles. The maximum Gasteiger partial charge on any atom is 0.142 e. The summed E-state index contributed by atoms with van der Waals surface area (Å²) in [6, 6.07) is 2.69. The molecule has 0 radical (unpaired) electrons. The average molecular weight is 278 g/mol. The molecular formula is C16H26N2O2. The maximum absolute atomic E-state index is 5.68. The predicted octanol–water partition coefficient (Wildman–Crippen LogP) is 2.97. The quantitative estimate of drug-likeness (QED) is 0.852. The van der Waals surface area contributed by atoms with Crippen LogP contribution in [0.5, 0.6) is 0 Å². The molecular weight excluding hydrogens is 252 g/mol. The van der Waals surface area contributed by atoms with Gasteiger partial charge >= 0.3 is 0 Å². The van der Waals surface area contributed by atoms with E-state index in [4.69, 9.17) is 9.26 Å². The van der Waals surface area contributed by atoms with Gasteiger partial charge in [0.15, 0.2) is 0 Å². The van der Waals surface area contributed by atoms with Gasteiger partial charge in [0.2, 0.25) is 0 Å². The van der Waals surface area contributed by atoms with Crippen molar-refractivity contribution in [3.05, 3.63) is 17.5 Å².